The molecular formula is C24H29ClN6O2. The van der Waals surface area contributed by atoms with Gasteiger partial charge in [-0.1, -0.05) is 17.7 Å². The number of guanidine groups is 1. The molecule has 1 saturated heterocycles. The van der Waals surface area contributed by atoms with Crippen LogP contribution in [0.25, 0.3) is 0 Å². The Hall–Kier alpha value is -3.02. The van der Waals surface area contributed by atoms with E-state index >= 15 is 0 Å². The first-order valence-corrected chi connectivity index (χ1v) is 11.4. The number of nitriles is 1. The number of hydrogen-bond donors (Lipinski definition) is 2. The van der Waals surface area contributed by atoms with Crippen molar-refractivity contribution in [3.63, 3.8) is 0 Å². The van der Waals surface area contributed by atoms with Gasteiger partial charge in [-0.3, -0.25) is 5.41 Å². The molecule has 0 radical (unpaired) electrons. The Morgan fingerprint density at radius 3 is 2.73 bits per heavy atom. The summed E-state index contributed by atoms with van der Waals surface area (Å²) in [7, 11) is 5.45. The fourth-order valence-corrected chi connectivity index (χ4v) is 5.55. The van der Waals surface area contributed by atoms with Crippen molar-refractivity contribution >= 4 is 23.2 Å². The first kappa shape index (κ1) is 23.1. The molecule has 3 atom stereocenters. The minimum Gasteiger partial charge on any atom is -0.493 e. The second-order valence-corrected chi connectivity index (χ2v) is 9.10. The number of hydrogen-bond acceptors (Lipinski definition) is 6. The Labute approximate surface area is 199 Å². The summed E-state index contributed by atoms with van der Waals surface area (Å²) >= 11 is 5.85. The van der Waals surface area contributed by atoms with Crippen molar-refractivity contribution in [2.75, 3.05) is 33.1 Å². The van der Waals surface area contributed by atoms with Gasteiger partial charge in [0, 0.05) is 17.5 Å². The summed E-state index contributed by atoms with van der Waals surface area (Å²) in [4.78, 5) is 7.90. The molecule has 2 aromatic rings. The standard InChI is InChI=1S/C24H29ClN6O2/c1-30-11-10-24(16-4-6-19(32-2)20(12-16)33-3)9-8-18(13-21(24)30)31(15-26)23(27)29-17-5-7-22(25)28-14-17/h4-7,12,14,18,21H,8-11,13H2,1-3H3,(H2,27,29). The van der Waals surface area contributed by atoms with Crippen LogP contribution in [0.15, 0.2) is 36.5 Å². The number of nitrogens with one attached hydrogen (secondary N) is 2. The number of anilines is 1. The van der Waals surface area contributed by atoms with E-state index in [2.05, 4.69) is 40.6 Å². The molecule has 2 heterocycles. The molecule has 0 spiro atoms. The average Bonchev–Trinajstić information content (AvgIpc) is 3.17. The lowest BCUT2D eigenvalue weighted by Gasteiger charge is -2.46. The zero-order valence-electron chi connectivity index (χ0n) is 19.1. The van der Waals surface area contributed by atoms with Crippen LogP contribution in [0.3, 0.4) is 0 Å². The SMILES string of the molecule is COc1ccc(C23CCC(N(C#N)C(=N)Nc4ccc(Cl)nc4)CC2N(C)CC3)cc1OC. The van der Waals surface area contributed by atoms with Crippen molar-refractivity contribution in [1.29, 1.82) is 10.7 Å². The Morgan fingerprint density at radius 2 is 2.06 bits per heavy atom. The maximum atomic E-state index is 9.90. The molecule has 4 rings (SSSR count). The first-order valence-electron chi connectivity index (χ1n) is 11.0. The van der Waals surface area contributed by atoms with Gasteiger partial charge in [0.2, 0.25) is 5.96 Å². The van der Waals surface area contributed by atoms with Gasteiger partial charge in [0.15, 0.2) is 17.7 Å². The van der Waals surface area contributed by atoms with Crippen molar-refractivity contribution in [3.05, 3.63) is 47.2 Å². The Bertz CT molecular complexity index is 1060. The van der Waals surface area contributed by atoms with E-state index in [-0.39, 0.29) is 23.5 Å². The Morgan fingerprint density at radius 1 is 1.27 bits per heavy atom. The number of benzene rings is 1. The molecule has 1 aliphatic heterocycles. The number of aromatic nitrogens is 1. The lowest BCUT2D eigenvalue weighted by Crippen LogP contribution is -2.52. The normalized spacial score (nSPS) is 24.5. The monoisotopic (exact) mass is 468 g/mol. The van der Waals surface area contributed by atoms with Crippen molar-refractivity contribution in [1.82, 2.24) is 14.8 Å². The van der Waals surface area contributed by atoms with Crippen LogP contribution in [-0.4, -0.2) is 60.6 Å². The fourth-order valence-electron chi connectivity index (χ4n) is 5.44. The summed E-state index contributed by atoms with van der Waals surface area (Å²) in [6.45, 7) is 0.991. The highest BCUT2D eigenvalue weighted by molar-refractivity contribution is 6.29. The summed E-state index contributed by atoms with van der Waals surface area (Å²) in [6.07, 6.45) is 7.37. The van der Waals surface area contributed by atoms with Crippen molar-refractivity contribution in [2.45, 2.75) is 43.2 Å². The molecule has 2 fully saturated rings. The lowest BCUT2D eigenvalue weighted by molar-refractivity contribution is 0.135. The summed E-state index contributed by atoms with van der Waals surface area (Å²) in [5.41, 5.74) is 1.86. The van der Waals surface area contributed by atoms with E-state index in [1.807, 2.05) is 6.07 Å². The first-order chi connectivity index (χ1) is 15.9. The molecule has 1 aromatic carbocycles. The van der Waals surface area contributed by atoms with E-state index in [0.717, 1.165) is 43.7 Å². The van der Waals surface area contributed by atoms with Crippen LogP contribution in [-0.2, 0) is 5.41 Å². The maximum absolute atomic E-state index is 9.90. The predicted octanol–water partition coefficient (Wildman–Crippen LogP) is 4.08. The van der Waals surface area contributed by atoms with Crippen LogP contribution < -0.4 is 14.8 Å². The number of fused-ring (bicyclic) bond motifs is 1. The minimum atomic E-state index is -0.0610. The molecule has 3 unspecified atom stereocenters. The molecule has 1 aromatic heterocycles. The van der Waals surface area contributed by atoms with Gasteiger partial charge in [0.25, 0.3) is 0 Å². The number of nitrogens with zero attached hydrogens (tertiary/aromatic N) is 4. The van der Waals surface area contributed by atoms with Gasteiger partial charge in [0.1, 0.15) is 5.15 Å². The molecule has 0 amide bonds. The lowest BCUT2D eigenvalue weighted by atomic mass is 9.65. The molecule has 9 heteroatoms. The quantitative estimate of drug-likeness (QED) is 0.224. The third-order valence-electron chi connectivity index (χ3n) is 7.16. The molecule has 8 nitrogen and oxygen atoms in total. The van der Waals surface area contributed by atoms with Gasteiger partial charge in [-0.2, -0.15) is 5.26 Å². The van der Waals surface area contributed by atoms with Crippen molar-refractivity contribution in [2.24, 2.45) is 0 Å². The van der Waals surface area contributed by atoms with Crippen LogP contribution in [0.1, 0.15) is 31.2 Å². The van der Waals surface area contributed by atoms with Gasteiger partial charge in [-0.05, 0) is 69.1 Å². The second-order valence-electron chi connectivity index (χ2n) is 8.71. The van der Waals surface area contributed by atoms with Gasteiger partial charge in [-0.15, -0.1) is 0 Å². The van der Waals surface area contributed by atoms with Crippen LogP contribution in [0, 0.1) is 16.9 Å². The maximum Gasteiger partial charge on any atom is 0.209 e. The molecule has 33 heavy (non-hydrogen) atoms. The van der Waals surface area contributed by atoms with Crippen LogP contribution in [0.5, 0.6) is 11.5 Å². The zero-order chi connectivity index (χ0) is 23.6. The second kappa shape index (κ2) is 9.46. The minimum absolute atomic E-state index is 0.0123. The number of ether oxygens (including phenoxy) is 2. The molecular weight excluding hydrogens is 440 g/mol. The summed E-state index contributed by atoms with van der Waals surface area (Å²) in [5, 5.41) is 21.8. The average molecular weight is 469 g/mol. The van der Waals surface area contributed by atoms with Crippen molar-refractivity contribution < 1.29 is 9.47 Å². The highest BCUT2D eigenvalue weighted by Crippen LogP contribution is 2.50. The van der Waals surface area contributed by atoms with Gasteiger partial charge < -0.3 is 19.7 Å². The van der Waals surface area contributed by atoms with Crippen LogP contribution >= 0.6 is 11.6 Å². The highest BCUT2D eigenvalue weighted by Gasteiger charge is 2.51. The van der Waals surface area contributed by atoms with E-state index in [1.54, 1.807) is 32.5 Å². The topological polar surface area (TPSA) is 97.5 Å². The summed E-state index contributed by atoms with van der Waals surface area (Å²) in [5.74, 6) is 1.51. The largest absolute Gasteiger partial charge is 0.493 e. The van der Waals surface area contributed by atoms with E-state index < -0.39 is 0 Å². The van der Waals surface area contributed by atoms with E-state index in [4.69, 9.17) is 26.5 Å². The third-order valence-corrected chi connectivity index (χ3v) is 7.39. The van der Waals surface area contributed by atoms with E-state index in [0.29, 0.717) is 10.8 Å². The number of likely N-dealkylation sites (tertiary alicyclic amines) is 1. The smallest absolute Gasteiger partial charge is 0.209 e. The van der Waals surface area contributed by atoms with Crippen molar-refractivity contribution in [3.8, 4) is 17.7 Å². The molecule has 2 N–H and O–H groups in total. The highest BCUT2D eigenvalue weighted by atomic mass is 35.5. The Balaban J connectivity index is 1.55. The molecule has 174 valence electrons. The van der Waals surface area contributed by atoms with Crippen LogP contribution in [0.2, 0.25) is 5.15 Å². The predicted molar refractivity (Wildman–Crippen MR) is 128 cm³/mol. The zero-order valence-corrected chi connectivity index (χ0v) is 19.9. The number of rotatable bonds is 5. The summed E-state index contributed by atoms with van der Waals surface area (Å²) < 4.78 is 11.0. The number of likely N-dealkylation sites (N-methyl/N-ethyl adjacent to an activating group) is 1. The van der Waals surface area contributed by atoms with Gasteiger partial charge in [-0.25, -0.2) is 9.88 Å². The molecule has 1 aliphatic carbocycles. The number of pyridine rings is 1. The fraction of sp³-hybridized carbons (Fsp3) is 0.458. The molecule has 0 bridgehead atoms. The van der Waals surface area contributed by atoms with E-state index in [1.165, 1.54) is 10.5 Å². The van der Waals surface area contributed by atoms with Gasteiger partial charge >= 0.3 is 0 Å². The number of methoxy groups -OCH3 is 2. The third kappa shape index (κ3) is 4.31. The molecule has 2 aliphatic rings. The van der Waals surface area contributed by atoms with Gasteiger partial charge in [0.05, 0.1) is 26.1 Å². The molecule has 1 saturated carbocycles. The Kier molecular flexibility index (Phi) is 6.63. The number of halogens is 1. The summed E-state index contributed by atoms with van der Waals surface area (Å²) in [6, 6.07) is 9.82. The van der Waals surface area contributed by atoms with E-state index in [9.17, 15) is 5.26 Å². The van der Waals surface area contributed by atoms with Crippen LogP contribution in [0.4, 0.5) is 5.69 Å².